The Balaban J connectivity index is 0.00000450. The summed E-state index contributed by atoms with van der Waals surface area (Å²) in [5, 5.41) is 6.72. The van der Waals surface area contributed by atoms with Crippen LogP contribution in [0, 0.1) is 11.3 Å². The number of sulfonamides is 1. The first-order valence-corrected chi connectivity index (χ1v) is 11.6. The second-order valence-corrected chi connectivity index (χ2v) is 10.9. The summed E-state index contributed by atoms with van der Waals surface area (Å²) >= 11 is 0. The highest BCUT2D eigenvalue weighted by Crippen LogP contribution is 2.33. The Bertz CT molecular complexity index is 789. The minimum atomic E-state index is -3.40. The molecule has 1 aliphatic rings. The second-order valence-electron chi connectivity index (χ2n) is 8.80. The molecule has 0 spiro atoms. The van der Waals surface area contributed by atoms with Crippen molar-refractivity contribution in [1.82, 2.24) is 14.9 Å². The highest BCUT2D eigenvalue weighted by Gasteiger charge is 2.35. The van der Waals surface area contributed by atoms with E-state index in [0.29, 0.717) is 17.4 Å². The van der Waals surface area contributed by atoms with Crippen molar-refractivity contribution in [2.75, 3.05) is 34.3 Å². The first-order valence-electron chi connectivity index (χ1n) is 10.1. The van der Waals surface area contributed by atoms with Gasteiger partial charge in [0.2, 0.25) is 10.0 Å². The van der Waals surface area contributed by atoms with Crippen molar-refractivity contribution >= 4 is 40.0 Å². The summed E-state index contributed by atoms with van der Waals surface area (Å²) in [6.07, 6.45) is 2.47. The Morgan fingerprint density at radius 1 is 1.20 bits per heavy atom. The zero-order valence-electron chi connectivity index (χ0n) is 18.9. The van der Waals surface area contributed by atoms with E-state index in [1.807, 2.05) is 12.1 Å². The lowest BCUT2D eigenvalue weighted by molar-refractivity contribution is -0.0835. The summed E-state index contributed by atoms with van der Waals surface area (Å²) in [4.78, 5) is 4.60. The number of hydrogen-bond donors (Lipinski definition) is 2. The number of benzene rings is 1. The smallest absolute Gasteiger partial charge is 0.242 e. The van der Waals surface area contributed by atoms with Crippen molar-refractivity contribution in [2.24, 2.45) is 16.3 Å². The fraction of sp³-hybridized carbons (Fsp3) is 0.667. The predicted octanol–water partition coefficient (Wildman–Crippen LogP) is 3.06. The van der Waals surface area contributed by atoms with Gasteiger partial charge in [0.05, 0.1) is 11.0 Å². The van der Waals surface area contributed by atoms with Gasteiger partial charge in [0.25, 0.3) is 0 Å². The zero-order chi connectivity index (χ0) is 21.7. The van der Waals surface area contributed by atoms with Gasteiger partial charge in [-0.15, -0.1) is 24.0 Å². The second kappa shape index (κ2) is 11.6. The van der Waals surface area contributed by atoms with Crippen LogP contribution in [0.25, 0.3) is 0 Å². The van der Waals surface area contributed by atoms with Crippen LogP contribution in [0.15, 0.2) is 34.2 Å². The number of hydrogen-bond acceptors (Lipinski definition) is 4. The molecule has 1 saturated heterocycles. The van der Waals surface area contributed by atoms with E-state index in [9.17, 15) is 8.42 Å². The lowest BCUT2D eigenvalue weighted by Crippen LogP contribution is -2.47. The van der Waals surface area contributed by atoms with Crippen molar-refractivity contribution in [3.63, 3.8) is 0 Å². The summed E-state index contributed by atoms with van der Waals surface area (Å²) in [7, 11) is 1.41. The average molecular weight is 553 g/mol. The van der Waals surface area contributed by atoms with Crippen molar-refractivity contribution in [1.29, 1.82) is 0 Å². The molecule has 1 aliphatic heterocycles. The first kappa shape index (κ1) is 27.1. The third-order valence-corrected chi connectivity index (χ3v) is 7.04. The highest BCUT2D eigenvalue weighted by atomic mass is 127. The Morgan fingerprint density at radius 2 is 1.83 bits per heavy atom. The lowest BCUT2D eigenvalue weighted by Gasteiger charge is -2.40. The van der Waals surface area contributed by atoms with Crippen molar-refractivity contribution in [3.05, 3.63) is 29.8 Å². The molecule has 172 valence electrons. The number of nitrogens with one attached hydrogen (secondary N) is 2. The molecule has 1 aromatic carbocycles. The molecular formula is C21H37IN4O3S. The van der Waals surface area contributed by atoms with Crippen LogP contribution in [-0.2, 0) is 21.3 Å². The van der Waals surface area contributed by atoms with Gasteiger partial charge in [-0.25, -0.2) is 12.7 Å². The summed E-state index contributed by atoms with van der Waals surface area (Å²) < 4.78 is 31.6. The molecule has 1 fully saturated rings. The maximum Gasteiger partial charge on any atom is 0.242 e. The molecule has 2 rings (SSSR count). The molecule has 30 heavy (non-hydrogen) atoms. The van der Waals surface area contributed by atoms with Crippen LogP contribution >= 0.6 is 24.0 Å². The molecule has 0 bridgehead atoms. The molecule has 0 radical (unpaired) electrons. The molecule has 2 atom stereocenters. The van der Waals surface area contributed by atoms with E-state index in [-0.39, 0.29) is 35.5 Å². The van der Waals surface area contributed by atoms with E-state index >= 15 is 0 Å². The Labute approximate surface area is 199 Å². The number of nitrogens with zero attached hydrogens (tertiary/aromatic N) is 2. The van der Waals surface area contributed by atoms with E-state index in [1.165, 1.54) is 18.4 Å². The monoisotopic (exact) mass is 552 g/mol. The van der Waals surface area contributed by atoms with Gasteiger partial charge in [0.15, 0.2) is 5.96 Å². The van der Waals surface area contributed by atoms with Gasteiger partial charge >= 0.3 is 0 Å². The number of aliphatic imine (C=N–C) groups is 1. The minimum Gasteiger partial charge on any atom is -0.377 e. The fourth-order valence-electron chi connectivity index (χ4n) is 3.63. The summed E-state index contributed by atoms with van der Waals surface area (Å²) in [6, 6.07) is 6.91. The highest BCUT2D eigenvalue weighted by molar-refractivity contribution is 14.0. The van der Waals surface area contributed by atoms with Gasteiger partial charge in [-0.05, 0) is 36.0 Å². The van der Waals surface area contributed by atoms with Crippen LogP contribution in [0.5, 0.6) is 0 Å². The van der Waals surface area contributed by atoms with Gasteiger partial charge in [-0.3, -0.25) is 4.99 Å². The molecule has 0 aliphatic carbocycles. The maximum absolute atomic E-state index is 12.2. The van der Waals surface area contributed by atoms with Gasteiger partial charge in [0.1, 0.15) is 0 Å². The predicted molar refractivity (Wildman–Crippen MR) is 133 cm³/mol. The van der Waals surface area contributed by atoms with E-state index < -0.39 is 10.0 Å². The lowest BCUT2D eigenvalue weighted by atomic mass is 9.78. The van der Waals surface area contributed by atoms with Crippen molar-refractivity contribution in [3.8, 4) is 0 Å². The van der Waals surface area contributed by atoms with Crippen LogP contribution in [0.3, 0.4) is 0 Å². The Hall–Kier alpha value is -0.910. The van der Waals surface area contributed by atoms with Gasteiger partial charge < -0.3 is 15.4 Å². The van der Waals surface area contributed by atoms with Crippen molar-refractivity contribution < 1.29 is 13.2 Å². The molecular weight excluding hydrogens is 515 g/mol. The van der Waals surface area contributed by atoms with E-state index in [0.717, 1.165) is 37.5 Å². The first-order chi connectivity index (χ1) is 13.6. The van der Waals surface area contributed by atoms with Crippen LogP contribution in [0.1, 0.15) is 39.2 Å². The third kappa shape index (κ3) is 7.35. The molecule has 0 aromatic heterocycles. The summed E-state index contributed by atoms with van der Waals surface area (Å²) in [6.45, 7) is 8.88. The van der Waals surface area contributed by atoms with E-state index in [2.05, 4.69) is 36.4 Å². The Kier molecular flexibility index (Phi) is 10.5. The SMILES string of the molecule is CN=C(NCc1ccc(S(=O)(=O)N(C)C)cc1)NCC1CCCOC1C(C)(C)C.I. The number of ether oxygens (including phenoxy) is 1. The Morgan fingerprint density at radius 3 is 2.37 bits per heavy atom. The van der Waals surface area contributed by atoms with Crippen LogP contribution in [0.4, 0.5) is 0 Å². The molecule has 1 aromatic rings. The number of halogens is 1. The fourth-order valence-corrected chi connectivity index (χ4v) is 4.54. The van der Waals surface area contributed by atoms with Gasteiger partial charge in [-0.1, -0.05) is 32.9 Å². The third-order valence-electron chi connectivity index (χ3n) is 5.22. The molecule has 9 heteroatoms. The van der Waals surface area contributed by atoms with Crippen LogP contribution in [0.2, 0.25) is 0 Å². The number of guanidine groups is 1. The molecule has 2 N–H and O–H groups in total. The largest absolute Gasteiger partial charge is 0.377 e. The van der Waals surface area contributed by atoms with Gasteiger partial charge in [-0.2, -0.15) is 0 Å². The molecule has 0 saturated carbocycles. The van der Waals surface area contributed by atoms with Gasteiger partial charge in [0, 0.05) is 46.8 Å². The quantitative estimate of drug-likeness (QED) is 0.322. The molecule has 0 amide bonds. The van der Waals surface area contributed by atoms with Crippen molar-refractivity contribution in [2.45, 2.75) is 51.2 Å². The maximum atomic E-state index is 12.2. The normalized spacial score (nSPS) is 20.6. The minimum absolute atomic E-state index is 0. The standard InChI is InChI=1S/C21H36N4O3S.HI/c1-21(2,3)19-17(8-7-13-28-19)15-24-20(22-4)23-14-16-9-11-18(12-10-16)29(26,27)25(5)6;/h9-12,17,19H,7-8,13-15H2,1-6H3,(H2,22,23,24);1H. The topological polar surface area (TPSA) is 83.0 Å². The van der Waals surface area contributed by atoms with E-state index in [4.69, 9.17) is 4.74 Å². The molecule has 1 heterocycles. The zero-order valence-corrected chi connectivity index (χ0v) is 22.1. The van der Waals surface area contributed by atoms with E-state index in [1.54, 1.807) is 19.2 Å². The number of rotatable bonds is 6. The summed E-state index contributed by atoms with van der Waals surface area (Å²) in [5.41, 5.74) is 1.09. The van der Waals surface area contributed by atoms with Crippen LogP contribution < -0.4 is 10.6 Å². The average Bonchev–Trinajstić information content (AvgIpc) is 2.68. The molecule has 7 nitrogen and oxygen atoms in total. The van der Waals surface area contributed by atoms with Crippen LogP contribution in [-0.4, -0.2) is 59.1 Å². The summed E-state index contributed by atoms with van der Waals surface area (Å²) in [5.74, 6) is 1.17. The molecule has 2 unspecified atom stereocenters.